The number of thiophene rings is 1. The predicted octanol–water partition coefficient (Wildman–Crippen LogP) is 4.15. The van der Waals surface area contributed by atoms with Crippen LogP contribution >= 0.6 is 22.9 Å². The van der Waals surface area contributed by atoms with Gasteiger partial charge >= 0.3 is 5.63 Å². The van der Waals surface area contributed by atoms with Gasteiger partial charge in [-0.15, -0.1) is 11.3 Å². The average Bonchev–Trinajstić information content (AvgIpc) is 2.91. The molecule has 0 aliphatic rings. The van der Waals surface area contributed by atoms with E-state index in [9.17, 15) is 4.79 Å². The van der Waals surface area contributed by atoms with Crippen LogP contribution in [0.4, 0.5) is 0 Å². The van der Waals surface area contributed by atoms with Crippen molar-refractivity contribution < 1.29 is 9.15 Å². The Kier molecular flexibility index (Phi) is 4.71. The number of nitrogens with zero attached hydrogens (tertiary/aromatic N) is 1. The van der Waals surface area contributed by atoms with Crippen molar-refractivity contribution in [2.24, 2.45) is 0 Å². The Bertz CT molecular complexity index is 887. The highest BCUT2D eigenvalue weighted by Gasteiger charge is 2.10. The Balaban J connectivity index is 1.88. The molecule has 120 valence electrons. The average molecular weight is 350 g/mol. The monoisotopic (exact) mass is 349 g/mol. The highest BCUT2D eigenvalue weighted by molar-refractivity contribution is 7.16. The van der Waals surface area contributed by atoms with Gasteiger partial charge in [-0.05, 0) is 36.9 Å². The molecule has 4 nitrogen and oxygen atoms in total. The van der Waals surface area contributed by atoms with Crippen LogP contribution in [0.1, 0.15) is 10.4 Å². The van der Waals surface area contributed by atoms with Gasteiger partial charge in [-0.3, -0.25) is 4.90 Å². The first kappa shape index (κ1) is 16.1. The highest BCUT2D eigenvalue weighted by Crippen LogP contribution is 2.25. The molecule has 3 aromatic rings. The van der Waals surface area contributed by atoms with E-state index in [1.54, 1.807) is 30.6 Å². The van der Waals surface area contributed by atoms with Crippen molar-refractivity contribution in [1.82, 2.24) is 4.90 Å². The molecule has 0 aliphatic heterocycles. The van der Waals surface area contributed by atoms with E-state index in [1.165, 1.54) is 4.88 Å². The SMILES string of the molecule is COc1ccc2c(CN(C)Cc3ccc(Cl)s3)cc(=O)oc2c1. The molecule has 3 rings (SSSR count). The molecule has 0 spiro atoms. The smallest absolute Gasteiger partial charge is 0.336 e. The molecule has 1 aromatic carbocycles. The standard InChI is InChI=1S/C17H16ClNO3S/c1-19(10-13-4-6-16(18)23-13)9-11-7-17(20)22-15-8-12(21-2)3-5-14(11)15/h3-8H,9-10H2,1-2H3. The number of methoxy groups -OCH3 is 1. The number of hydrogen-bond donors (Lipinski definition) is 0. The zero-order chi connectivity index (χ0) is 16.4. The molecule has 0 amide bonds. The number of rotatable bonds is 5. The van der Waals surface area contributed by atoms with E-state index in [0.29, 0.717) is 17.9 Å². The van der Waals surface area contributed by atoms with E-state index in [2.05, 4.69) is 4.90 Å². The summed E-state index contributed by atoms with van der Waals surface area (Å²) in [6.07, 6.45) is 0. The molecule has 6 heteroatoms. The topological polar surface area (TPSA) is 42.7 Å². The maximum absolute atomic E-state index is 11.8. The molecule has 0 aliphatic carbocycles. The second kappa shape index (κ2) is 6.74. The number of ether oxygens (including phenoxy) is 1. The summed E-state index contributed by atoms with van der Waals surface area (Å²) in [5.74, 6) is 0.666. The third kappa shape index (κ3) is 3.75. The third-order valence-electron chi connectivity index (χ3n) is 3.53. The minimum Gasteiger partial charge on any atom is -0.497 e. The van der Waals surface area contributed by atoms with Crippen LogP contribution in [0.15, 0.2) is 45.6 Å². The summed E-state index contributed by atoms with van der Waals surface area (Å²) in [7, 11) is 3.60. The van der Waals surface area contributed by atoms with Gasteiger partial charge in [0.1, 0.15) is 11.3 Å². The molecule has 2 aromatic heterocycles. The summed E-state index contributed by atoms with van der Waals surface area (Å²) in [6, 6.07) is 11.0. The first-order valence-corrected chi connectivity index (χ1v) is 8.28. The predicted molar refractivity (Wildman–Crippen MR) is 93.5 cm³/mol. The Labute approximate surface area is 142 Å². The van der Waals surface area contributed by atoms with Crippen LogP contribution in [0.2, 0.25) is 4.34 Å². The zero-order valence-corrected chi connectivity index (χ0v) is 14.4. The Hall–Kier alpha value is -1.82. The summed E-state index contributed by atoms with van der Waals surface area (Å²) < 4.78 is 11.2. The molecule has 0 N–H and O–H groups in total. The van der Waals surface area contributed by atoms with Crippen LogP contribution in [0, 0.1) is 0 Å². The lowest BCUT2D eigenvalue weighted by atomic mass is 10.1. The quantitative estimate of drug-likeness (QED) is 0.649. The van der Waals surface area contributed by atoms with Gasteiger partial charge in [0, 0.05) is 35.5 Å². The lowest BCUT2D eigenvalue weighted by Gasteiger charge is -2.16. The van der Waals surface area contributed by atoms with Crippen molar-refractivity contribution in [2.45, 2.75) is 13.1 Å². The van der Waals surface area contributed by atoms with Crippen LogP contribution in [0.3, 0.4) is 0 Å². The fourth-order valence-electron chi connectivity index (χ4n) is 2.52. The molecule has 0 saturated carbocycles. The molecule has 2 heterocycles. The first-order valence-electron chi connectivity index (χ1n) is 7.08. The van der Waals surface area contributed by atoms with Gasteiger partial charge in [0.15, 0.2) is 0 Å². The zero-order valence-electron chi connectivity index (χ0n) is 12.8. The van der Waals surface area contributed by atoms with E-state index in [4.69, 9.17) is 20.8 Å². The minimum absolute atomic E-state index is 0.353. The van der Waals surface area contributed by atoms with Crippen LogP contribution in [-0.2, 0) is 13.1 Å². The lowest BCUT2D eigenvalue weighted by Crippen LogP contribution is -2.18. The van der Waals surface area contributed by atoms with Gasteiger partial charge in [-0.2, -0.15) is 0 Å². The maximum atomic E-state index is 11.8. The van der Waals surface area contributed by atoms with E-state index in [1.807, 2.05) is 31.3 Å². The Morgan fingerprint density at radius 3 is 2.74 bits per heavy atom. The summed E-state index contributed by atoms with van der Waals surface area (Å²) in [5.41, 5.74) is 1.12. The summed E-state index contributed by atoms with van der Waals surface area (Å²) in [4.78, 5) is 15.1. The molecule has 0 fully saturated rings. The fourth-order valence-corrected chi connectivity index (χ4v) is 3.69. The minimum atomic E-state index is -0.353. The largest absolute Gasteiger partial charge is 0.497 e. The third-order valence-corrected chi connectivity index (χ3v) is 4.75. The summed E-state index contributed by atoms with van der Waals surface area (Å²) >= 11 is 7.53. The Morgan fingerprint density at radius 1 is 1.22 bits per heavy atom. The van der Waals surface area contributed by atoms with Crippen molar-refractivity contribution >= 4 is 33.9 Å². The number of fused-ring (bicyclic) bond motifs is 1. The summed E-state index contributed by atoms with van der Waals surface area (Å²) in [5, 5.41) is 0.918. The molecule has 0 unspecified atom stereocenters. The number of hydrogen-bond acceptors (Lipinski definition) is 5. The highest BCUT2D eigenvalue weighted by atomic mass is 35.5. The van der Waals surface area contributed by atoms with Crippen LogP contribution in [-0.4, -0.2) is 19.1 Å². The van der Waals surface area contributed by atoms with Crippen molar-refractivity contribution in [1.29, 1.82) is 0 Å². The second-order valence-corrected chi connectivity index (χ2v) is 7.13. The molecular formula is C17H16ClNO3S. The van der Waals surface area contributed by atoms with E-state index >= 15 is 0 Å². The van der Waals surface area contributed by atoms with Gasteiger partial charge in [0.25, 0.3) is 0 Å². The van der Waals surface area contributed by atoms with Crippen molar-refractivity contribution in [3.8, 4) is 5.75 Å². The fraction of sp³-hybridized carbons (Fsp3) is 0.235. The van der Waals surface area contributed by atoms with Gasteiger partial charge in [0.2, 0.25) is 0 Å². The van der Waals surface area contributed by atoms with Gasteiger partial charge in [-0.25, -0.2) is 4.79 Å². The van der Waals surface area contributed by atoms with Gasteiger partial charge in [-0.1, -0.05) is 11.6 Å². The van der Waals surface area contributed by atoms with Crippen molar-refractivity contribution in [3.05, 3.63) is 61.6 Å². The summed E-state index contributed by atoms with van der Waals surface area (Å²) in [6.45, 7) is 1.42. The van der Waals surface area contributed by atoms with Crippen LogP contribution < -0.4 is 10.4 Å². The first-order chi connectivity index (χ1) is 11.0. The van der Waals surface area contributed by atoms with E-state index < -0.39 is 0 Å². The molecule has 0 radical (unpaired) electrons. The van der Waals surface area contributed by atoms with Crippen LogP contribution in [0.5, 0.6) is 5.75 Å². The van der Waals surface area contributed by atoms with Gasteiger partial charge in [0.05, 0.1) is 11.4 Å². The lowest BCUT2D eigenvalue weighted by molar-refractivity contribution is 0.322. The molecular weight excluding hydrogens is 334 g/mol. The molecule has 0 bridgehead atoms. The van der Waals surface area contributed by atoms with Crippen molar-refractivity contribution in [3.63, 3.8) is 0 Å². The number of benzene rings is 1. The van der Waals surface area contributed by atoms with Crippen LogP contribution in [0.25, 0.3) is 11.0 Å². The normalized spacial score (nSPS) is 11.3. The van der Waals surface area contributed by atoms with E-state index in [-0.39, 0.29) is 5.63 Å². The Morgan fingerprint density at radius 2 is 2.04 bits per heavy atom. The molecule has 0 atom stereocenters. The maximum Gasteiger partial charge on any atom is 0.336 e. The second-order valence-electron chi connectivity index (χ2n) is 5.33. The molecule has 0 saturated heterocycles. The van der Waals surface area contributed by atoms with E-state index in [0.717, 1.165) is 21.8 Å². The molecule has 23 heavy (non-hydrogen) atoms. The number of halogens is 1. The van der Waals surface area contributed by atoms with Gasteiger partial charge < -0.3 is 9.15 Å². The van der Waals surface area contributed by atoms with Crippen molar-refractivity contribution in [2.75, 3.05) is 14.2 Å².